The number of rotatable bonds is 2. The van der Waals surface area contributed by atoms with Crippen LogP contribution in [-0.4, -0.2) is 37.3 Å². The van der Waals surface area contributed by atoms with Crippen molar-refractivity contribution < 1.29 is 14.3 Å². The van der Waals surface area contributed by atoms with Gasteiger partial charge in [-0.2, -0.15) is 0 Å². The summed E-state index contributed by atoms with van der Waals surface area (Å²) in [4.78, 5) is 0. The normalized spacial score (nSPS) is 42.2. The molecule has 0 aromatic carbocycles. The molecule has 0 spiro atoms. The molecule has 3 nitrogen and oxygen atoms in total. The number of epoxide rings is 1. The van der Waals surface area contributed by atoms with Gasteiger partial charge in [-0.25, -0.2) is 0 Å². The Bertz CT molecular complexity index is 310. The average Bonchev–Trinajstić information content (AvgIpc) is 2.74. The summed E-state index contributed by atoms with van der Waals surface area (Å²) in [5, 5.41) is 10.1. The van der Waals surface area contributed by atoms with Crippen LogP contribution in [0.2, 0.25) is 18.1 Å². The molecule has 2 fully saturated rings. The lowest BCUT2D eigenvalue weighted by Gasteiger charge is -2.42. The van der Waals surface area contributed by atoms with Crippen LogP contribution in [0.15, 0.2) is 0 Å². The molecule has 2 aliphatic rings. The lowest BCUT2D eigenvalue weighted by molar-refractivity contribution is 0.0309. The Kier molecular flexibility index (Phi) is 3.02. The predicted octanol–water partition coefficient (Wildman–Crippen LogP) is 2.69. The van der Waals surface area contributed by atoms with Crippen molar-refractivity contribution in [2.75, 3.05) is 0 Å². The van der Waals surface area contributed by atoms with E-state index in [2.05, 4.69) is 40.8 Å². The minimum atomic E-state index is -1.78. The van der Waals surface area contributed by atoms with Crippen molar-refractivity contribution in [2.24, 2.45) is 0 Å². The second-order valence-electron chi connectivity index (χ2n) is 7.28. The van der Waals surface area contributed by atoms with Gasteiger partial charge in [-0.05, 0) is 25.1 Å². The molecular formula is C13H26O3Si. The monoisotopic (exact) mass is 258 g/mol. The van der Waals surface area contributed by atoms with Crippen LogP contribution in [0, 0.1) is 0 Å². The summed E-state index contributed by atoms with van der Waals surface area (Å²) >= 11 is 0. The van der Waals surface area contributed by atoms with Gasteiger partial charge >= 0.3 is 0 Å². The summed E-state index contributed by atoms with van der Waals surface area (Å²) in [6, 6.07) is 0. The Morgan fingerprint density at radius 2 is 1.88 bits per heavy atom. The summed E-state index contributed by atoms with van der Waals surface area (Å²) in [6.07, 6.45) is 1.51. The molecule has 4 atom stereocenters. The first kappa shape index (κ1) is 13.5. The molecular weight excluding hydrogens is 232 g/mol. The van der Waals surface area contributed by atoms with Crippen molar-refractivity contribution in [3.63, 3.8) is 0 Å². The van der Waals surface area contributed by atoms with Crippen molar-refractivity contribution in [2.45, 2.75) is 82.6 Å². The van der Waals surface area contributed by atoms with Gasteiger partial charge in [0.1, 0.15) is 5.60 Å². The highest BCUT2D eigenvalue weighted by molar-refractivity contribution is 6.74. The zero-order valence-corrected chi connectivity index (χ0v) is 12.9. The van der Waals surface area contributed by atoms with Crippen LogP contribution in [-0.2, 0) is 9.16 Å². The SMILES string of the molecule is CC(C)(C)[Si](C)(C)O[C@H]1C[C@H](O)C[C@H]2O[C@@]12C. The highest BCUT2D eigenvalue weighted by Crippen LogP contribution is 2.51. The average molecular weight is 258 g/mol. The summed E-state index contributed by atoms with van der Waals surface area (Å²) in [5.74, 6) is 0. The summed E-state index contributed by atoms with van der Waals surface area (Å²) < 4.78 is 12.2. The highest BCUT2D eigenvalue weighted by atomic mass is 28.4. The van der Waals surface area contributed by atoms with Crippen molar-refractivity contribution in [3.8, 4) is 0 Å². The molecule has 0 aromatic rings. The fraction of sp³-hybridized carbons (Fsp3) is 1.00. The van der Waals surface area contributed by atoms with E-state index in [1.165, 1.54) is 0 Å². The number of hydrogen-bond acceptors (Lipinski definition) is 3. The molecule has 0 radical (unpaired) electrons. The standard InChI is InChI=1S/C13H26O3Si/c1-12(2,3)17(5,6)16-11-8-9(14)7-10-13(11,4)15-10/h9-11,14H,7-8H2,1-6H3/t9-,10-,11+,13-/m1/s1. The number of aliphatic hydroxyl groups excluding tert-OH is 1. The van der Waals surface area contributed by atoms with Gasteiger partial charge in [0.05, 0.1) is 18.3 Å². The maximum Gasteiger partial charge on any atom is 0.192 e. The second-order valence-corrected chi connectivity index (χ2v) is 12.0. The third-order valence-corrected chi connectivity index (χ3v) is 9.32. The van der Waals surface area contributed by atoms with E-state index in [1.54, 1.807) is 0 Å². The molecule has 17 heavy (non-hydrogen) atoms. The molecule has 1 aliphatic heterocycles. The van der Waals surface area contributed by atoms with E-state index in [4.69, 9.17) is 9.16 Å². The Hall–Kier alpha value is 0.0969. The lowest BCUT2D eigenvalue weighted by Crippen LogP contribution is -2.50. The Morgan fingerprint density at radius 3 is 2.41 bits per heavy atom. The van der Waals surface area contributed by atoms with Gasteiger partial charge in [-0.3, -0.25) is 0 Å². The van der Waals surface area contributed by atoms with Gasteiger partial charge in [-0.1, -0.05) is 20.8 Å². The minimum absolute atomic E-state index is 0.0668. The molecule has 4 heteroatoms. The van der Waals surface area contributed by atoms with Crippen LogP contribution in [0.25, 0.3) is 0 Å². The number of hydrogen-bond donors (Lipinski definition) is 1. The van der Waals surface area contributed by atoms with Gasteiger partial charge in [0.25, 0.3) is 0 Å². The zero-order chi connectivity index (χ0) is 13.1. The fourth-order valence-electron chi connectivity index (χ4n) is 2.36. The second kappa shape index (κ2) is 3.79. The maximum atomic E-state index is 9.85. The molecule has 0 unspecified atom stereocenters. The Morgan fingerprint density at radius 1 is 1.29 bits per heavy atom. The van der Waals surface area contributed by atoms with Crippen LogP contribution in [0.5, 0.6) is 0 Å². The first-order valence-electron chi connectivity index (χ1n) is 6.60. The molecule has 1 saturated heterocycles. The van der Waals surface area contributed by atoms with E-state index in [1.807, 2.05) is 0 Å². The lowest BCUT2D eigenvalue weighted by atomic mass is 9.86. The number of aliphatic hydroxyl groups is 1. The van der Waals surface area contributed by atoms with Gasteiger partial charge in [-0.15, -0.1) is 0 Å². The van der Waals surface area contributed by atoms with E-state index in [0.717, 1.165) is 12.8 Å². The van der Waals surface area contributed by atoms with E-state index >= 15 is 0 Å². The van der Waals surface area contributed by atoms with Crippen molar-refractivity contribution in [3.05, 3.63) is 0 Å². The topological polar surface area (TPSA) is 42.0 Å². The van der Waals surface area contributed by atoms with Crippen LogP contribution in [0.3, 0.4) is 0 Å². The minimum Gasteiger partial charge on any atom is -0.411 e. The third-order valence-electron chi connectivity index (χ3n) is 4.83. The molecule has 0 bridgehead atoms. The summed E-state index contributed by atoms with van der Waals surface area (Å²) in [7, 11) is -1.78. The van der Waals surface area contributed by atoms with Crippen molar-refractivity contribution >= 4 is 8.32 Å². The van der Waals surface area contributed by atoms with E-state index < -0.39 is 8.32 Å². The number of ether oxygens (including phenoxy) is 1. The quantitative estimate of drug-likeness (QED) is 0.611. The molecule has 2 rings (SSSR count). The molecule has 1 aliphatic carbocycles. The van der Waals surface area contributed by atoms with Gasteiger partial charge < -0.3 is 14.3 Å². The fourth-order valence-corrected chi connectivity index (χ4v) is 3.75. The number of fused-ring (bicyclic) bond motifs is 1. The van der Waals surface area contributed by atoms with Gasteiger partial charge in [0, 0.05) is 12.8 Å². The molecule has 1 saturated carbocycles. The van der Waals surface area contributed by atoms with Crippen LogP contribution < -0.4 is 0 Å². The molecule has 1 N–H and O–H groups in total. The molecule has 1 heterocycles. The van der Waals surface area contributed by atoms with Crippen molar-refractivity contribution in [1.82, 2.24) is 0 Å². The summed E-state index contributed by atoms with van der Waals surface area (Å²) in [6.45, 7) is 13.4. The van der Waals surface area contributed by atoms with Gasteiger partial charge in [0.15, 0.2) is 8.32 Å². The van der Waals surface area contributed by atoms with E-state index in [-0.39, 0.29) is 29.0 Å². The Labute approximate surface area is 106 Å². The van der Waals surface area contributed by atoms with E-state index in [0.29, 0.717) is 0 Å². The van der Waals surface area contributed by atoms with Crippen LogP contribution in [0.4, 0.5) is 0 Å². The van der Waals surface area contributed by atoms with Gasteiger partial charge in [0.2, 0.25) is 0 Å². The predicted molar refractivity (Wildman–Crippen MR) is 70.6 cm³/mol. The molecule has 0 aromatic heterocycles. The van der Waals surface area contributed by atoms with Crippen LogP contribution >= 0.6 is 0 Å². The summed E-state index contributed by atoms with van der Waals surface area (Å²) in [5.41, 5.74) is -0.130. The van der Waals surface area contributed by atoms with E-state index in [9.17, 15) is 5.11 Å². The Balaban J connectivity index is 2.08. The largest absolute Gasteiger partial charge is 0.411 e. The van der Waals surface area contributed by atoms with Crippen LogP contribution in [0.1, 0.15) is 40.5 Å². The smallest absolute Gasteiger partial charge is 0.192 e. The molecule has 0 amide bonds. The highest BCUT2D eigenvalue weighted by Gasteiger charge is 2.63. The molecule has 100 valence electrons. The third kappa shape index (κ3) is 2.32. The van der Waals surface area contributed by atoms with Crippen molar-refractivity contribution in [1.29, 1.82) is 0 Å². The zero-order valence-electron chi connectivity index (χ0n) is 11.9. The maximum absolute atomic E-state index is 9.85. The first-order valence-corrected chi connectivity index (χ1v) is 9.51. The first-order chi connectivity index (χ1) is 7.56.